The number of ketones is 2. The molecule has 0 radical (unpaired) electrons. The number of fused-ring (bicyclic) bond motifs is 1. The van der Waals surface area contributed by atoms with E-state index in [0.717, 1.165) is 18.4 Å². The summed E-state index contributed by atoms with van der Waals surface area (Å²) in [5.41, 5.74) is 2.52. The molecule has 4 aromatic rings. The van der Waals surface area contributed by atoms with Crippen molar-refractivity contribution in [3.8, 4) is 11.5 Å². The minimum absolute atomic E-state index is 0.0308. The van der Waals surface area contributed by atoms with Gasteiger partial charge in [0.05, 0.1) is 14.5 Å². The smallest absolute Gasteiger partial charge is 0.197 e. The lowest BCUT2D eigenvalue weighted by atomic mass is 9.98. The van der Waals surface area contributed by atoms with Crippen molar-refractivity contribution in [3.05, 3.63) is 92.1 Å². The van der Waals surface area contributed by atoms with Crippen LogP contribution in [0.2, 0.25) is 0 Å². The highest BCUT2D eigenvalue weighted by molar-refractivity contribution is 9.11. The minimum atomic E-state index is -0.204. The Balaban J connectivity index is 1.67. The van der Waals surface area contributed by atoms with Crippen LogP contribution in [0.3, 0.4) is 0 Å². The molecule has 0 saturated carbocycles. The summed E-state index contributed by atoms with van der Waals surface area (Å²) in [6.45, 7) is 2.00. The van der Waals surface area contributed by atoms with Gasteiger partial charge < -0.3 is 19.1 Å². The van der Waals surface area contributed by atoms with Crippen molar-refractivity contribution >= 4 is 54.4 Å². The summed E-state index contributed by atoms with van der Waals surface area (Å²) < 4.78 is 12.9. The van der Waals surface area contributed by atoms with Crippen molar-refractivity contribution in [1.29, 1.82) is 0 Å². The van der Waals surface area contributed by atoms with E-state index in [2.05, 4.69) is 31.9 Å². The number of aryl methyl sites for hydroxylation is 1. The molecule has 0 saturated heterocycles. The second kappa shape index (κ2) is 11.2. The van der Waals surface area contributed by atoms with Gasteiger partial charge >= 0.3 is 0 Å². The summed E-state index contributed by atoms with van der Waals surface area (Å²) >= 11 is 6.61. The molecule has 5 nitrogen and oxygen atoms in total. The van der Waals surface area contributed by atoms with Crippen LogP contribution in [0, 0.1) is 0 Å². The van der Waals surface area contributed by atoms with Gasteiger partial charge in [0.25, 0.3) is 0 Å². The molecule has 3 aromatic carbocycles. The number of hydrogen-bond donors (Lipinski definition) is 1. The number of rotatable bonds is 10. The third-order valence-electron chi connectivity index (χ3n) is 5.67. The third-order valence-corrected chi connectivity index (χ3v) is 6.88. The number of phenols is 1. The molecule has 0 bridgehead atoms. The lowest BCUT2D eigenvalue weighted by molar-refractivity contribution is -0.117. The van der Waals surface area contributed by atoms with Crippen molar-refractivity contribution in [2.24, 2.45) is 0 Å². The normalized spacial score (nSPS) is 11.1. The van der Waals surface area contributed by atoms with E-state index in [1.54, 1.807) is 25.1 Å². The molecule has 7 heteroatoms. The zero-order valence-electron chi connectivity index (χ0n) is 19.1. The molecule has 0 aliphatic rings. The molecule has 4 rings (SSSR count). The summed E-state index contributed by atoms with van der Waals surface area (Å²) in [6, 6.07) is 18.5. The summed E-state index contributed by atoms with van der Waals surface area (Å²) in [5.74, 6) is 1.19. The lowest BCUT2D eigenvalue weighted by Gasteiger charge is -2.07. The van der Waals surface area contributed by atoms with E-state index in [1.165, 1.54) is 0 Å². The standard InChI is InChI=1S/C28H24Br2O5/c1-17(31)7-5-6-10-24-26(27(32)19-13-22(29)28(33)23(30)14-19)21-12-11-20(15-25(21)35-24)34-16-18-8-3-2-4-9-18/h2-4,8-9,11-15,33H,5-7,10,16H2,1H3. The number of furan rings is 1. The summed E-state index contributed by atoms with van der Waals surface area (Å²) in [5, 5.41) is 10.8. The largest absolute Gasteiger partial charge is 0.506 e. The van der Waals surface area contributed by atoms with Crippen molar-refractivity contribution in [2.45, 2.75) is 39.2 Å². The zero-order valence-corrected chi connectivity index (χ0v) is 22.3. The van der Waals surface area contributed by atoms with E-state index in [-0.39, 0.29) is 17.3 Å². The number of carbonyl (C=O) groups excluding carboxylic acids is 2. The van der Waals surface area contributed by atoms with Crippen LogP contribution in [0.4, 0.5) is 0 Å². The predicted molar refractivity (Wildman–Crippen MR) is 142 cm³/mol. The van der Waals surface area contributed by atoms with Gasteiger partial charge in [-0.15, -0.1) is 0 Å². The average Bonchev–Trinajstić information content (AvgIpc) is 3.21. The maximum Gasteiger partial charge on any atom is 0.197 e. The molecule has 180 valence electrons. The van der Waals surface area contributed by atoms with Crippen LogP contribution in [0.15, 0.2) is 74.0 Å². The topological polar surface area (TPSA) is 76.7 Å². The fourth-order valence-electron chi connectivity index (χ4n) is 3.88. The van der Waals surface area contributed by atoms with Crippen LogP contribution >= 0.6 is 31.9 Å². The van der Waals surface area contributed by atoms with Crippen LogP contribution in [0.5, 0.6) is 11.5 Å². The quantitative estimate of drug-likeness (QED) is 0.149. The highest BCUT2D eigenvalue weighted by Gasteiger charge is 2.24. The number of benzene rings is 3. The van der Waals surface area contributed by atoms with E-state index in [1.807, 2.05) is 42.5 Å². The molecular formula is C28H24Br2O5. The maximum atomic E-state index is 13.6. The molecule has 0 spiro atoms. The monoisotopic (exact) mass is 598 g/mol. The first-order valence-corrected chi connectivity index (χ1v) is 12.9. The molecule has 1 heterocycles. The van der Waals surface area contributed by atoms with Gasteiger partial charge in [-0.1, -0.05) is 30.3 Å². The Labute approximate surface area is 220 Å². The van der Waals surface area contributed by atoms with Gasteiger partial charge in [0.15, 0.2) is 5.78 Å². The number of halogens is 2. The van der Waals surface area contributed by atoms with Crippen LogP contribution in [-0.2, 0) is 17.8 Å². The first-order chi connectivity index (χ1) is 16.8. The van der Waals surface area contributed by atoms with E-state index >= 15 is 0 Å². The molecule has 0 aliphatic heterocycles. The number of hydrogen-bond acceptors (Lipinski definition) is 5. The maximum absolute atomic E-state index is 13.6. The SMILES string of the molecule is CC(=O)CCCCc1oc2cc(OCc3ccccc3)ccc2c1C(=O)c1cc(Br)c(O)c(Br)c1. The Morgan fingerprint density at radius 1 is 0.971 bits per heavy atom. The second-order valence-corrected chi connectivity index (χ2v) is 10.1. The molecule has 1 aromatic heterocycles. The molecule has 1 N–H and O–H groups in total. The number of unbranched alkanes of at least 4 members (excludes halogenated alkanes) is 1. The first-order valence-electron chi connectivity index (χ1n) is 11.3. The number of ether oxygens (including phenoxy) is 1. The second-order valence-electron chi connectivity index (χ2n) is 8.36. The van der Waals surface area contributed by atoms with Crippen molar-refractivity contribution in [2.75, 3.05) is 0 Å². The number of aromatic hydroxyl groups is 1. The third kappa shape index (κ3) is 6.03. The minimum Gasteiger partial charge on any atom is -0.506 e. The van der Waals surface area contributed by atoms with E-state index in [0.29, 0.717) is 62.0 Å². The van der Waals surface area contributed by atoms with E-state index < -0.39 is 0 Å². The van der Waals surface area contributed by atoms with Crippen LogP contribution < -0.4 is 4.74 Å². The fourth-order valence-corrected chi connectivity index (χ4v) is 5.07. The molecule has 0 aliphatic carbocycles. The molecular weight excluding hydrogens is 576 g/mol. The van der Waals surface area contributed by atoms with Crippen molar-refractivity contribution < 1.29 is 23.8 Å². The zero-order chi connectivity index (χ0) is 24.9. The van der Waals surface area contributed by atoms with Crippen LogP contribution in [-0.4, -0.2) is 16.7 Å². The van der Waals surface area contributed by atoms with Crippen molar-refractivity contribution in [1.82, 2.24) is 0 Å². The Hall–Kier alpha value is -2.90. The van der Waals surface area contributed by atoms with Gasteiger partial charge in [-0.05, 0) is 81.5 Å². The molecule has 0 amide bonds. The Morgan fingerprint density at radius 3 is 2.37 bits per heavy atom. The van der Waals surface area contributed by atoms with Gasteiger partial charge in [-0.25, -0.2) is 0 Å². The van der Waals surface area contributed by atoms with Crippen LogP contribution in [0.25, 0.3) is 11.0 Å². The summed E-state index contributed by atoms with van der Waals surface area (Å²) in [6.07, 6.45) is 2.48. The van der Waals surface area contributed by atoms with Crippen molar-refractivity contribution in [3.63, 3.8) is 0 Å². The van der Waals surface area contributed by atoms with Gasteiger partial charge in [-0.3, -0.25) is 4.79 Å². The molecule has 0 atom stereocenters. The van der Waals surface area contributed by atoms with Gasteiger partial charge in [-0.2, -0.15) is 0 Å². The number of carbonyl (C=O) groups is 2. The van der Waals surface area contributed by atoms with Gasteiger partial charge in [0, 0.05) is 29.9 Å². The summed E-state index contributed by atoms with van der Waals surface area (Å²) in [7, 11) is 0. The fraction of sp³-hybridized carbons (Fsp3) is 0.214. The Morgan fingerprint density at radius 2 is 1.69 bits per heavy atom. The van der Waals surface area contributed by atoms with Crippen LogP contribution in [0.1, 0.15) is 53.4 Å². The Bertz CT molecular complexity index is 1350. The average molecular weight is 600 g/mol. The number of Topliss-reactive ketones (excluding diaryl/α,β-unsaturated/α-hetero) is 1. The molecule has 35 heavy (non-hydrogen) atoms. The first kappa shape index (κ1) is 25.2. The van der Waals surface area contributed by atoms with E-state index in [4.69, 9.17) is 9.15 Å². The summed E-state index contributed by atoms with van der Waals surface area (Å²) in [4.78, 5) is 25.0. The lowest BCUT2D eigenvalue weighted by Crippen LogP contribution is -2.04. The van der Waals surface area contributed by atoms with Gasteiger partial charge in [0.1, 0.15) is 35.2 Å². The molecule has 0 fully saturated rings. The Kier molecular flexibility index (Phi) is 8.08. The highest BCUT2D eigenvalue weighted by Crippen LogP contribution is 2.37. The predicted octanol–water partition coefficient (Wildman–Crippen LogP) is 7.78. The highest BCUT2D eigenvalue weighted by atomic mass is 79.9. The van der Waals surface area contributed by atoms with E-state index in [9.17, 15) is 14.7 Å². The molecule has 0 unspecified atom stereocenters. The number of phenolic OH excluding ortho intramolecular Hbond substituents is 1. The van der Waals surface area contributed by atoms with Gasteiger partial charge in [0.2, 0.25) is 0 Å².